The highest BCUT2D eigenvalue weighted by atomic mass is 19.1. The molecule has 0 radical (unpaired) electrons. The summed E-state index contributed by atoms with van der Waals surface area (Å²) in [6, 6.07) is 5.44. The fourth-order valence-corrected chi connectivity index (χ4v) is 0.514. The molecule has 0 fully saturated rings. The van der Waals surface area contributed by atoms with Gasteiger partial charge >= 0.3 is 0 Å². The Bertz CT molecular complexity index is 150. The van der Waals surface area contributed by atoms with Gasteiger partial charge in [0.2, 0.25) is 0 Å². The summed E-state index contributed by atoms with van der Waals surface area (Å²) in [4.78, 5) is 0. The Labute approximate surface area is 47.4 Å². The van der Waals surface area contributed by atoms with E-state index in [1.165, 1.54) is 4.57 Å². The molecule has 42 valence electrons. The van der Waals surface area contributed by atoms with E-state index in [1.54, 1.807) is 24.5 Å². The summed E-state index contributed by atoms with van der Waals surface area (Å²) in [6.45, 7) is -0.444. The molecular weight excluding hydrogens is 105 g/mol. The highest BCUT2D eigenvalue weighted by Crippen LogP contribution is 1.75. The van der Waals surface area contributed by atoms with Crippen molar-refractivity contribution >= 4 is 0 Å². The average molecular weight is 112 g/mol. The van der Waals surface area contributed by atoms with Crippen LogP contribution < -0.4 is 4.57 Å². The molecule has 1 nitrogen and oxygen atoms in total. The second-order valence-electron chi connectivity index (χ2n) is 1.51. The molecule has 2 heteroatoms. The summed E-state index contributed by atoms with van der Waals surface area (Å²) in [5.74, 6) is 0. The van der Waals surface area contributed by atoms with Crippen molar-refractivity contribution in [3.05, 3.63) is 30.6 Å². The van der Waals surface area contributed by atoms with Gasteiger partial charge < -0.3 is 0 Å². The zero-order valence-corrected chi connectivity index (χ0v) is 4.42. The second kappa shape index (κ2) is 2.40. The third kappa shape index (κ3) is 1.03. The number of hydrogen-bond donors (Lipinski definition) is 0. The van der Waals surface area contributed by atoms with Gasteiger partial charge in [0.05, 0.1) is 0 Å². The summed E-state index contributed by atoms with van der Waals surface area (Å²) in [6.07, 6.45) is 3.36. The van der Waals surface area contributed by atoms with Crippen molar-refractivity contribution in [2.75, 3.05) is 0 Å². The van der Waals surface area contributed by atoms with Crippen molar-refractivity contribution in [1.82, 2.24) is 0 Å². The Kier molecular flexibility index (Phi) is 1.57. The van der Waals surface area contributed by atoms with Crippen molar-refractivity contribution in [2.24, 2.45) is 0 Å². The van der Waals surface area contributed by atoms with Gasteiger partial charge in [-0.2, -0.15) is 8.96 Å². The van der Waals surface area contributed by atoms with Crippen LogP contribution in [0, 0.1) is 0 Å². The number of hydrogen-bond acceptors (Lipinski definition) is 0. The molecule has 0 spiro atoms. The Balaban J connectivity index is 2.83. The van der Waals surface area contributed by atoms with Gasteiger partial charge in [0.15, 0.2) is 12.4 Å². The van der Waals surface area contributed by atoms with Crippen LogP contribution in [0.2, 0.25) is 0 Å². The van der Waals surface area contributed by atoms with Crippen LogP contribution in [0.15, 0.2) is 30.6 Å². The number of nitrogens with zero attached hydrogens (tertiary/aromatic N) is 1. The van der Waals surface area contributed by atoms with Gasteiger partial charge in [-0.15, -0.1) is 0 Å². The summed E-state index contributed by atoms with van der Waals surface area (Å²) in [5, 5.41) is 0. The number of rotatable bonds is 1. The summed E-state index contributed by atoms with van der Waals surface area (Å²) in [7, 11) is 0. The zero-order chi connectivity index (χ0) is 5.82. The molecule has 0 aliphatic heterocycles. The smallest absolute Gasteiger partial charge is 0.177 e. The van der Waals surface area contributed by atoms with Gasteiger partial charge in [-0.25, -0.2) is 0 Å². The van der Waals surface area contributed by atoms with Crippen molar-refractivity contribution in [3.8, 4) is 0 Å². The van der Waals surface area contributed by atoms with E-state index in [-0.39, 0.29) is 0 Å². The fraction of sp³-hybridized carbons (Fsp3) is 0.167. The molecule has 0 N–H and O–H groups in total. The average Bonchev–Trinajstić information content (AvgIpc) is 1.90. The number of pyridine rings is 1. The Morgan fingerprint density at radius 1 is 1.12 bits per heavy atom. The summed E-state index contributed by atoms with van der Waals surface area (Å²) in [5.41, 5.74) is 0. The molecule has 0 amide bonds. The van der Waals surface area contributed by atoms with Gasteiger partial charge in [-0.1, -0.05) is 6.07 Å². The van der Waals surface area contributed by atoms with E-state index in [1.807, 2.05) is 6.07 Å². The number of aromatic nitrogens is 1. The van der Waals surface area contributed by atoms with Gasteiger partial charge in [-0.05, 0) is 0 Å². The van der Waals surface area contributed by atoms with E-state index in [4.69, 9.17) is 0 Å². The van der Waals surface area contributed by atoms with E-state index in [0.717, 1.165) is 0 Å². The number of alkyl halides is 1. The van der Waals surface area contributed by atoms with Crippen molar-refractivity contribution < 1.29 is 8.96 Å². The van der Waals surface area contributed by atoms with Crippen molar-refractivity contribution in [3.63, 3.8) is 0 Å². The third-order valence-corrected chi connectivity index (χ3v) is 0.915. The van der Waals surface area contributed by atoms with E-state index in [0.29, 0.717) is 0 Å². The van der Waals surface area contributed by atoms with E-state index >= 15 is 0 Å². The monoisotopic (exact) mass is 112 g/mol. The molecule has 0 saturated carbocycles. The molecule has 8 heavy (non-hydrogen) atoms. The molecule has 0 aliphatic carbocycles. The predicted octanol–water partition coefficient (Wildman–Crippen LogP) is 0.901. The van der Waals surface area contributed by atoms with Crippen molar-refractivity contribution in [1.29, 1.82) is 0 Å². The van der Waals surface area contributed by atoms with Gasteiger partial charge in [0.1, 0.15) is 0 Å². The fourth-order valence-electron chi connectivity index (χ4n) is 0.514. The van der Waals surface area contributed by atoms with Crippen LogP contribution in [0.1, 0.15) is 0 Å². The molecule has 1 rings (SSSR count). The first-order chi connectivity index (χ1) is 3.93. The maximum atomic E-state index is 11.7. The minimum absolute atomic E-state index is 0.444. The highest BCUT2D eigenvalue weighted by Gasteiger charge is 1.89. The minimum atomic E-state index is -0.444. The summed E-state index contributed by atoms with van der Waals surface area (Å²) < 4.78 is 13.1. The quantitative estimate of drug-likeness (QED) is 0.475. The van der Waals surface area contributed by atoms with Crippen LogP contribution in [0.4, 0.5) is 4.39 Å². The lowest BCUT2D eigenvalue weighted by molar-refractivity contribution is -0.718. The molecular formula is C6H7FN+. The highest BCUT2D eigenvalue weighted by molar-refractivity contribution is 4.83. The topological polar surface area (TPSA) is 3.88 Å². The minimum Gasteiger partial charge on any atom is -0.177 e. The molecule has 0 aliphatic rings. The van der Waals surface area contributed by atoms with Gasteiger partial charge in [0.25, 0.3) is 6.80 Å². The van der Waals surface area contributed by atoms with E-state index in [9.17, 15) is 4.39 Å². The summed E-state index contributed by atoms with van der Waals surface area (Å²) >= 11 is 0. The van der Waals surface area contributed by atoms with Gasteiger partial charge in [0, 0.05) is 12.1 Å². The van der Waals surface area contributed by atoms with Gasteiger partial charge in [-0.3, -0.25) is 0 Å². The Morgan fingerprint density at radius 2 is 1.75 bits per heavy atom. The SMILES string of the molecule is FC[n+]1ccccc1. The maximum Gasteiger partial charge on any atom is 0.289 e. The normalized spacial score (nSPS) is 9.12. The largest absolute Gasteiger partial charge is 0.289 e. The predicted molar refractivity (Wildman–Crippen MR) is 27.7 cm³/mol. The molecule has 0 aromatic carbocycles. The lowest BCUT2D eigenvalue weighted by Crippen LogP contribution is -2.29. The molecule has 0 saturated heterocycles. The number of halogens is 1. The van der Waals surface area contributed by atoms with Crippen LogP contribution in [-0.4, -0.2) is 0 Å². The molecule has 0 atom stereocenters. The first-order valence-corrected chi connectivity index (χ1v) is 2.43. The molecule has 0 unspecified atom stereocenters. The standard InChI is InChI=1S/C6H7FN/c7-6-8-4-2-1-3-5-8/h1-5H,6H2/q+1. The molecule has 1 aromatic heterocycles. The second-order valence-corrected chi connectivity index (χ2v) is 1.51. The zero-order valence-electron chi connectivity index (χ0n) is 4.42. The Hall–Kier alpha value is -0.920. The lowest BCUT2D eigenvalue weighted by Gasteiger charge is -1.82. The van der Waals surface area contributed by atoms with Crippen LogP contribution in [-0.2, 0) is 6.80 Å². The molecule has 0 bridgehead atoms. The van der Waals surface area contributed by atoms with E-state index in [2.05, 4.69) is 0 Å². The first-order valence-electron chi connectivity index (χ1n) is 2.43. The Morgan fingerprint density at radius 3 is 2.12 bits per heavy atom. The molecule has 1 heterocycles. The van der Waals surface area contributed by atoms with Crippen LogP contribution >= 0.6 is 0 Å². The maximum absolute atomic E-state index is 11.7. The lowest BCUT2D eigenvalue weighted by atomic mass is 10.5. The van der Waals surface area contributed by atoms with E-state index < -0.39 is 6.80 Å². The van der Waals surface area contributed by atoms with Crippen LogP contribution in [0.3, 0.4) is 0 Å². The van der Waals surface area contributed by atoms with Crippen molar-refractivity contribution in [2.45, 2.75) is 6.80 Å². The molecule has 1 aromatic rings. The first kappa shape index (κ1) is 5.22. The van der Waals surface area contributed by atoms with Crippen LogP contribution in [0.5, 0.6) is 0 Å². The van der Waals surface area contributed by atoms with Crippen LogP contribution in [0.25, 0.3) is 0 Å². The third-order valence-electron chi connectivity index (χ3n) is 0.915.